The first kappa shape index (κ1) is 17.4. The van der Waals surface area contributed by atoms with Gasteiger partial charge in [-0.15, -0.1) is 0 Å². The highest BCUT2D eigenvalue weighted by Crippen LogP contribution is 2.33. The van der Waals surface area contributed by atoms with Gasteiger partial charge in [-0.1, -0.05) is 29.6 Å². The van der Waals surface area contributed by atoms with Crippen LogP contribution in [0.4, 0.5) is 0 Å². The van der Waals surface area contributed by atoms with E-state index in [2.05, 4.69) is 4.72 Å². The molecular formula is C13H17Cl2NO3S2. The zero-order valence-corrected chi connectivity index (χ0v) is 14.6. The average molecular weight is 370 g/mol. The molecule has 0 bridgehead atoms. The van der Waals surface area contributed by atoms with Crippen LogP contribution in [0.15, 0.2) is 17.0 Å². The maximum absolute atomic E-state index is 12.5. The lowest BCUT2D eigenvalue weighted by Crippen LogP contribution is -2.38. The molecule has 0 heterocycles. The Morgan fingerprint density at radius 1 is 1.38 bits per heavy atom. The van der Waals surface area contributed by atoms with Gasteiger partial charge in [0.2, 0.25) is 10.0 Å². The van der Waals surface area contributed by atoms with Gasteiger partial charge in [-0.05, 0) is 31.2 Å². The molecule has 2 atom stereocenters. The molecule has 4 nitrogen and oxygen atoms in total. The summed E-state index contributed by atoms with van der Waals surface area (Å²) in [5.41, 5.74) is 0.231. The molecule has 21 heavy (non-hydrogen) atoms. The number of aliphatic hydroxyl groups is 1. The van der Waals surface area contributed by atoms with E-state index in [0.717, 1.165) is 19.3 Å². The Balaban J connectivity index is 2.32. The van der Waals surface area contributed by atoms with Gasteiger partial charge in [0.15, 0.2) is 0 Å². The van der Waals surface area contributed by atoms with Gasteiger partial charge >= 0.3 is 0 Å². The van der Waals surface area contributed by atoms with Crippen LogP contribution in [-0.2, 0) is 16.6 Å². The molecule has 0 saturated heterocycles. The van der Waals surface area contributed by atoms with Crippen LogP contribution in [0.5, 0.6) is 0 Å². The normalized spacial score (nSPS) is 22.7. The third-order valence-electron chi connectivity index (χ3n) is 3.66. The van der Waals surface area contributed by atoms with E-state index in [1.165, 1.54) is 12.1 Å². The van der Waals surface area contributed by atoms with Crippen molar-refractivity contribution in [1.29, 1.82) is 0 Å². The maximum atomic E-state index is 12.5. The Morgan fingerprint density at radius 3 is 2.71 bits per heavy atom. The van der Waals surface area contributed by atoms with Crippen LogP contribution in [0.1, 0.15) is 24.8 Å². The summed E-state index contributed by atoms with van der Waals surface area (Å²) in [5.74, 6) is 0. The highest BCUT2D eigenvalue weighted by atomic mass is 35.5. The summed E-state index contributed by atoms with van der Waals surface area (Å²) in [6.07, 6.45) is 4.82. The molecule has 0 spiro atoms. The summed E-state index contributed by atoms with van der Waals surface area (Å²) in [6.45, 7) is -0.405. The van der Waals surface area contributed by atoms with E-state index in [1.54, 1.807) is 11.8 Å². The van der Waals surface area contributed by atoms with E-state index < -0.39 is 16.6 Å². The molecule has 8 heteroatoms. The number of sulfonamides is 1. The molecular weight excluding hydrogens is 353 g/mol. The quantitative estimate of drug-likeness (QED) is 0.836. The van der Waals surface area contributed by atoms with Crippen molar-refractivity contribution in [2.45, 2.75) is 42.1 Å². The Hall–Kier alpha value is 0.0200. The molecule has 1 fully saturated rings. The molecule has 1 aliphatic rings. The average Bonchev–Trinajstić information content (AvgIpc) is 2.85. The lowest BCUT2D eigenvalue weighted by Gasteiger charge is -2.20. The molecule has 1 aliphatic carbocycles. The van der Waals surface area contributed by atoms with Crippen molar-refractivity contribution in [3.05, 3.63) is 27.7 Å². The Labute approximate surface area is 139 Å². The van der Waals surface area contributed by atoms with Gasteiger partial charge in [0, 0.05) is 21.9 Å². The second-order valence-electron chi connectivity index (χ2n) is 4.93. The van der Waals surface area contributed by atoms with Crippen molar-refractivity contribution in [3.8, 4) is 0 Å². The smallest absolute Gasteiger partial charge is 0.242 e. The first-order valence-corrected chi connectivity index (χ1v) is 10.1. The molecule has 0 aliphatic heterocycles. The summed E-state index contributed by atoms with van der Waals surface area (Å²) in [5, 5.41) is 9.78. The van der Waals surface area contributed by atoms with Crippen LogP contribution >= 0.6 is 35.0 Å². The van der Waals surface area contributed by atoms with E-state index in [-0.39, 0.29) is 31.8 Å². The van der Waals surface area contributed by atoms with E-state index in [0.29, 0.717) is 0 Å². The second kappa shape index (κ2) is 7.06. The largest absolute Gasteiger partial charge is 0.392 e. The van der Waals surface area contributed by atoms with E-state index in [1.807, 2.05) is 6.26 Å². The van der Waals surface area contributed by atoms with Gasteiger partial charge < -0.3 is 5.11 Å². The molecule has 118 valence electrons. The van der Waals surface area contributed by atoms with Gasteiger partial charge in [0.05, 0.1) is 11.6 Å². The molecule has 2 N–H and O–H groups in total. The van der Waals surface area contributed by atoms with E-state index in [9.17, 15) is 13.5 Å². The lowest BCUT2D eigenvalue weighted by atomic mass is 10.2. The number of nitrogens with one attached hydrogen (secondary N) is 1. The van der Waals surface area contributed by atoms with Crippen LogP contribution in [0, 0.1) is 0 Å². The monoisotopic (exact) mass is 369 g/mol. The highest BCUT2D eigenvalue weighted by Gasteiger charge is 2.32. The van der Waals surface area contributed by atoms with Crippen LogP contribution in [-0.4, -0.2) is 31.1 Å². The minimum atomic E-state index is -3.73. The predicted octanol–water partition coefficient (Wildman–Crippen LogP) is 3.05. The van der Waals surface area contributed by atoms with Crippen LogP contribution in [0.3, 0.4) is 0 Å². The molecule has 0 aromatic heterocycles. The van der Waals surface area contributed by atoms with Gasteiger partial charge in [0.25, 0.3) is 0 Å². The zero-order valence-electron chi connectivity index (χ0n) is 11.5. The predicted molar refractivity (Wildman–Crippen MR) is 87.6 cm³/mol. The fourth-order valence-corrected chi connectivity index (χ4v) is 5.76. The molecule has 1 aromatic rings. The lowest BCUT2D eigenvalue weighted by molar-refractivity contribution is 0.281. The summed E-state index contributed by atoms with van der Waals surface area (Å²) >= 11 is 13.7. The van der Waals surface area contributed by atoms with Crippen LogP contribution in [0.25, 0.3) is 0 Å². The molecule has 0 amide bonds. The van der Waals surface area contributed by atoms with Gasteiger partial charge in [-0.3, -0.25) is 0 Å². The number of hydrogen-bond acceptors (Lipinski definition) is 4. The van der Waals surface area contributed by atoms with Crippen molar-refractivity contribution >= 4 is 45.0 Å². The highest BCUT2D eigenvalue weighted by molar-refractivity contribution is 7.99. The number of thioether (sulfide) groups is 1. The van der Waals surface area contributed by atoms with Gasteiger partial charge in [0.1, 0.15) is 4.90 Å². The Kier molecular flexibility index (Phi) is 5.84. The first-order valence-electron chi connectivity index (χ1n) is 6.53. The summed E-state index contributed by atoms with van der Waals surface area (Å²) in [4.78, 5) is -0.0376. The van der Waals surface area contributed by atoms with Crippen LogP contribution in [0.2, 0.25) is 10.0 Å². The Bertz CT molecular complexity index is 622. The van der Waals surface area contributed by atoms with E-state index in [4.69, 9.17) is 23.2 Å². The number of rotatable bonds is 5. The number of aliphatic hydroxyl groups excluding tert-OH is 1. The Morgan fingerprint density at radius 2 is 2.10 bits per heavy atom. The zero-order chi connectivity index (χ0) is 15.6. The molecule has 2 rings (SSSR count). The number of halogens is 2. The number of hydrogen-bond donors (Lipinski definition) is 2. The van der Waals surface area contributed by atoms with Crippen LogP contribution < -0.4 is 4.72 Å². The van der Waals surface area contributed by atoms with Crippen molar-refractivity contribution in [1.82, 2.24) is 4.72 Å². The minimum Gasteiger partial charge on any atom is -0.392 e. The molecule has 1 saturated carbocycles. The SMILES string of the molecule is CSC1CCCC1NS(=O)(=O)c1ccc(Cl)c(CO)c1Cl. The van der Waals surface area contributed by atoms with Crippen molar-refractivity contribution < 1.29 is 13.5 Å². The fraction of sp³-hybridized carbons (Fsp3) is 0.538. The first-order chi connectivity index (χ1) is 9.90. The van der Waals surface area contributed by atoms with Gasteiger partial charge in [-0.2, -0.15) is 11.8 Å². The fourth-order valence-electron chi connectivity index (χ4n) is 2.53. The standard InChI is InChI=1S/C13H17Cl2NO3S2/c1-20-11-4-2-3-10(11)16-21(18,19)12-6-5-9(14)8(7-17)13(12)15/h5-6,10-11,16-17H,2-4,7H2,1H3. The molecule has 1 aromatic carbocycles. The summed E-state index contributed by atoms with van der Waals surface area (Å²) < 4.78 is 27.8. The minimum absolute atomic E-state index is 0.0174. The second-order valence-corrected chi connectivity index (χ2v) is 8.47. The molecule has 2 unspecified atom stereocenters. The van der Waals surface area contributed by atoms with E-state index >= 15 is 0 Å². The van der Waals surface area contributed by atoms with Gasteiger partial charge in [-0.25, -0.2) is 13.1 Å². The third kappa shape index (κ3) is 3.68. The molecule has 0 radical (unpaired) electrons. The summed E-state index contributed by atoms with van der Waals surface area (Å²) in [6, 6.07) is 2.72. The number of benzene rings is 1. The maximum Gasteiger partial charge on any atom is 0.242 e. The van der Waals surface area contributed by atoms with Crippen molar-refractivity contribution in [2.24, 2.45) is 0 Å². The van der Waals surface area contributed by atoms with Crippen molar-refractivity contribution in [2.75, 3.05) is 6.26 Å². The third-order valence-corrected chi connectivity index (χ3v) is 7.26. The topological polar surface area (TPSA) is 66.4 Å². The van der Waals surface area contributed by atoms with Crippen molar-refractivity contribution in [3.63, 3.8) is 0 Å². The summed E-state index contributed by atoms with van der Waals surface area (Å²) in [7, 11) is -3.73.